The molecule has 2 heterocycles. The molecule has 0 bridgehead atoms. The van der Waals surface area contributed by atoms with Crippen LogP contribution in [-0.2, 0) is 0 Å². The standard InChI is InChI=1S/C19H17N3O3S/c23-18(15-11-21-19(26)22(15)13-6-2-1-3-7-13)20-10-14-12-24-16-8-4-5-9-17(16)25-14/h1-9,11,14H,10,12H2,(H,20,23)(H,21,26). The Kier molecular flexibility index (Phi) is 4.45. The van der Waals surface area contributed by atoms with Crippen molar-refractivity contribution < 1.29 is 14.3 Å². The summed E-state index contributed by atoms with van der Waals surface area (Å²) in [6.07, 6.45) is 1.36. The van der Waals surface area contributed by atoms with Crippen molar-refractivity contribution in [3.63, 3.8) is 0 Å². The quantitative estimate of drug-likeness (QED) is 0.696. The van der Waals surface area contributed by atoms with Crippen LogP contribution < -0.4 is 14.8 Å². The highest BCUT2D eigenvalue weighted by Gasteiger charge is 2.22. The fraction of sp³-hybridized carbons (Fsp3) is 0.158. The Hall–Kier alpha value is -3.06. The lowest BCUT2D eigenvalue weighted by Gasteiger charge is -2.26. The van der Waals surface area contributed by atoms with E-state index in [0.717, 1.165) is 11.4 Å². The summed E-state index contributed by atoms with van der Waals surface area (Å²) in [6, 6.07) is 17.0. The van der Waals surface area contributed by atoms with Crippen molar-refractivity contribution in [3.05, 3.63) is 71.3 Å². The largest absolute Gasteiger partial charge is 0.486 e. The molecular formula is C19H17N3O3S. The van der Waals surface area contributed by atoms with Gasteiger partial charge in [-0.05, 0) is 36.5 Å². The molecule has 0 radical (unpaired) electrons. The maximum Gasteiger partial charge on any atom is 0.270 e. The second-order valence-corrected chi connectivity index (χ2v) is 6.24. The highest BCUT2D eigenvalue weighted by molar-refractivity contribution is 7.71. The molecule has 1 aliphatic rings. The lowest BCUT2D eigenvalue weighted by Crippen LogP contribution is -2.41. The third kappa shape index (κ3) is 3.21. The number of aromatic amines is 1. The number of nitrogens with zero attached hydrogens (tertiary/aromatic N) is 1. The van der Waals surface area contributed by atoms with Crippen LogP contribution in [0, 0.1) is 4.77 Å². The molecule has 4 rings (SSSR count). The molecule has 2 aromatic carbocycles. The second-order valence-electron chi connectivity index (χ2n) is 5.86. The van der Waals surface area contributed by atoms with Gasteiger partial charge in [0.1, 0.15) is 18.4 Å². The van der Waals surface area contributed by atoms with Crippen LogP contribution in [0.25, 0.3) is 5.69 Å². The number of hydrogen-bond acceptors (Lipinski definition) is 4. The van der Waals surface area contributed by atoms with Crippen LogP contribution in [0.3, 0.4) is 0 Å². The first-order valence-electron chi connectivity index (χ1n) is 8.25. The summed E-state index contributed by atoms with van der Waals surface area (Å²) >= 11 is 5.31. The van der Waals surface area contributed by atoms with Gasteiger partial charge in [0.2, 0.25) is 0 Å². The van der Waals surface area contributed by atoms with E-state index in [0.29, 0.717) is 29.4 Å². The summed E-state index contributed by atoms with van der Waals surface area (Å²) in [4.78, 5) is 15.6. The van der Waals surface area contributed by atoms with E-state index in [1.54, 1.807) is 10.8 Å². The van der Waals surface area contributed by atoms with Gasteiger partial charge in [-0.3, -0.25) is 9.36 Å². The van der Waals surface area contributed by atoms with Gasteiger partial charge in [0.15, 0.2) is 16.3 Å². The molecule has 1 aliphatic heterocycles. The van der Waals surface area contributed by atoms with E-state index >= 15 is 0 Å². The maximum absolute atomic E-state index is 12.6. The Bertz CT molecular complexity index is 981. The molecule has 1 amide bonds. The monoisotopic (exact) mass is 367 g/mol. The zero-order chi connectivity index (χ0) is 17.9. The number of H-pyrrole nitrogens is 1. The fourth-order valence-corrected chi connectivity index (χ4v) is 3.09. The third-order valence-corrected chi connectivity index (χ3v) is 4.38. The van der Waals surface area contributed by atoms with Crippen molar-refractivity contribution in [3.8, 4) is 17.2 Å². The SMILES string of the molecule is O=C(NCC1COc2ccccc2O1)c1c[nH]c(=S)n1-c1ccccc1. The topological polar surface area (TPSA) is 68.3 Å². The van der Waals surface area contributed by atoms with Gasteiger partial charge in [-0.2, -0.15) is 0 Å². The average Bonchev–Trinajstić information content (AvgIpc) is 3.08. The van der Waals surface area contributed by atoms with Crippen LogP contribution in [0.4, 0.5) is 0 Å². The summed E-state index contributed by atoms with van der Waals surface area (Å²) < 4.78 is 13.7. The van der Waals surface area contributed by atoms with Gasteiger partial charge in [-0.25, -0.2) is 0 Å². The number of rotatable bonds is 4. The van der Waals surface area contributed by atoms with Gasteiger partial charge < -0.3 is 19.8 Å². The summed E-state index contributed by atoms with van der Waals surface area (Å²) in [6.45, 7) is 0.718. The van der Waals surface area contributed by atoms with Gasteiger partial charge in [-0.1, -0.05) is 30.3 Å². The van der Waals surface area contributed by atoms with Crippen molar-refractivity contribution in [2.75, 3.05) is 13.2 Å². The number of carbonyl (C=O) groups excluding carboxylic acids is 1. The van der Waals surface area contributed by atoms with Gasteiger partial charge in [0, 0.05) is 11.9 Å². The van der Waals surface area contributed by atoms with E-state index < -0.39 is 0 Å². The minimum absolute atomic E-state index is 0.233. The van der Waals surface area contributed by atoms with E-state index in [1.807, 2.05) is 54.6 Å². The van der Waals surface area contributed by atoms with Crippen molar-refractivity contribution >= 4 is 18.1 Å². The lowest BCUT2D eigenvalue weighted by atomic mass is 10.2. The normalized spacial score (nSPS) is 15.5. The molecule has 0 fully saturated rings. The van der Waals surface area contributed by atoms with Gasteiger partial charge >= 0.3 is 0 Å². The first kappa shape index (κ1) is 16.4. The van der Waals surface area contributed by atoms with Crippen LogP contribution in [-0.4, -0.2) is 34.7 Å². The number of fused-ring (bicyclic) bond motifs is 1. The van der Waals surface area contributed by atoms with E-state index in [1.165, 1.54) is 0 Å². The van der Waals surface area contributed by atoms with E-state index in [4.69, 9.17) is 21.7 Å². The first-order valence-corrected chi connectivity index (χ1v) is 8.66. The summed E-state index contributed by atoms with van der Waals surface area (Å²) in [5.41, 5.74) is 1.27. The molecular weight excluding hydrogens is 350 g/mol. The highest BCUT2D eigenvalue weighted by atomic mass is 32.1. The molecule has 0 saturated carbocycles. The summed E-state index contributed by atoms with van der Waals surface area (Å²) in [5.74, 6) is 1.17. The first-order chi connectivity index (χ1) is 12.7. The molecule has 1 atom stereocenters. The molecule has 132 valence electrons. The average molecular weight is 367 g/mol. The Balaban J connectivity index is 1.46. The molecule has 0 spiro atoms. The Morgan fingerprint density at radius 1 is 1.15 bits per heavy atom. The van der Waals surface area contributed by atoms with Gasteiger partial charge in [0.05, 0.1) is 6.54 Å². The molecule has 1 unspecified atom stereocenters. The van der Waals surface area contributed by atoms with Crippen molar-refractivity contribution in [2.24, 2.45) is 0 Å². The number of benzene rings is 2. The molecule has 0 aliphatic carbocycles. The Labute approximate surface area is 155 Å². The highest BCUT2D eigenvalue weighted by Crippen LogP contribution is 2.30. The van der Waals surface area contributed by atoms with Crippen LogP contribution in [0.1, 0.15) is 10.5 Å². The Morgan fingerprint density at radius 2 is 1.88 bits per heavy atom. The number of para-hydroxylation sites is 3. The molecule has 26 heavy (non-hydrogen) atoms. The zero-order valence-corrected chi connectivity index (χ0v) is 14.7. The smallest absolute Gasteiger partial charge is 0.270 e. The predicted molar refractivity (Wildman–Crippen MR) is 99.6 cm³/mol. The van der Waals surface area contributed by atoms with Crippen LogP contribution >= 0.6 is 12.2 Å². The van der Waals surface area contributed by atoms with Crippen LogP contribution in [0.5, 0.6) is 11.5 Å². The summed E-state index contributed by atoms with van der Waals surface area (Å²) in [5, 5.41) is 2.89. The fourth-order valence-electron chi connectivity index (χ4n) is 2.83. The summed E-state index contributed by atoms with van der Waals surface area (Å²) in [7, 11) is 0. The molecule has 2 N–H and O–H groups in total. The number of hydrogen-bond donors (Lipinski definition) is 2. The van der Waals surface area contributed by atoms with Gasteiger partial charge in [0.25, 0.3) is 5.91 Å². The maximum atomic E-state index is 12.6. The number of imidazole rings is 1. The molecule has 0 saturated heterocycles. The van der Waals surface area contributed by atoms with E-state index in [2.05, 4.69) is 10.3 Å². The number of amides is 1. The number of aromatic nitrogens is 2. The van der Waals surface area contributed by atoms with Crippen molar-refractivity contribution in [1.29, 1.82) is 0 Å². The minimum Gasteiger partial charge on any atom is -0.486 e. The van der Waals surface area contributed by atoms with E-state index in [9.17, 15) is 4.79 Å². The molecule has 6 nitrogen and oxygen atoms in total. The number of nitrogens with one attached hydrogen (secondary N) is 2. The predicted octanol–water partition coefficient (Wildman–Crippen LogP) is 3.10. The van der Waals surface area contributed by atoms with Crippen LogP contribution in [0.2, 0.25) is 0 Å². The van der Waals surface area contributed by atoms with Crippen molar-refractivity contribution in [2.45, 2.75) is 6.10 Å². The van der Waals surface area contributed by atoms with Gasteiger partial charge in [-0.15, -0.1) is 0 Å². The minimum atomic E-state index is -0.249. The molecule has 1 aromatic heterocycles. The number of ether oxygens (including phenoxy) is 2. The Morgan fingerprint density at radius 3 is 2.69 bits per heavy atom. The molecule has 7 heteroatoms. The van der Waals surface area contributed by atoms with E-state index in [-0.39, 0.29) is 12.0 Å². The third-order valence-electron chi connectivity index (χ3n) is 4.08. The second kappa shape index (κ2) is 7.05. The zero-order valence-electron chi connectivity index (χ0n) is 13.8. The molecule has 3 aromatic rings. The number of carbonyl (C=O) groups is 1. The van der Waals surface area contributed by atoms with Crippen molar-refractivity contribution in [1.82, 2.24) is 14.9 Å². The lowest BCUT2D eigenvalue weighted by molar-refractivity contribution is 0.0785. The van der Waals surface area contributed by atoms with Crippen LogP contribution in [0.15, 0.2) is 60.8 Å².